The quantitative estimate of drug-likeness (QED) is 0.843. The minimum absolute atomic E-state index is 0.0933. The first kappa shape index (κ1) is 16.1. The van der Waals surface area contributed by atoms with Crippen molar-refractivity contribution in [2.45, 2.75) is 24.6 Å². The molecule has 0 saturated carbocycles. The first-order valence-corrected chi connectivity index (χ1v) is 8.95. The highest BCUT2D eigenvalue weighted by Crippen LogP contribution is 2.29. The number of nitrogens with zero attached hydrogens (tertiary/aromatic N) is 1. The molecule has 1 N–H and O–H groups in total. The monoisotopic (exact) mass is 346 g/mol. The number of aryl methyl sites for hydroxylation is 2. The average Bonchev–Trinajstić information content (AvgIpc) is 2.88. The van der Waals surface area contributed by atoms with E-state index in [1.165, 1.54) is 18.4 Å². The van der Waals surface area contributed by atoms with Gasteiger partial charge in [-0.25, -0.2) is 13.4 Å². The molecule has 0 spiro atoms. The van der Waals surface area contributed by atoms with Crippen molar-refractivity contribution in [3.05, 3.63) is 34.3 Å². The molecule has 0 saturated heterocycles. The molecule has 2 aromatic rings. The molecule has 2 rings (SSSR count). The van der Waals surface area contributed by atoms with E-state index in [9.17, 15) is 8.42 Å². The summed E-state index contributed by atoms with van der Waals surface area (Å²) in [6, 6.07) is 3.29. The first-order chi connectivity index (χ1) is 9.87. The summed E-state index contributed by atoms with van der Waals surface area (Å²) < 4.78 is 32.6. The zero-order valence-electron chi connectivity index (χ0n) is 11.8. The molecule has 8 heteroatoms. The summed E-state index contributed by atoms with van der Waals surface area (Å²) in [5.74, 6) is 0.547. The summed E-state index contributed by atoms with van der Waals surface area (Å²) in [5.41, 5.74) is 2.47. The van der Waals surface area contributed by atoms with E-state index in [-0.39, 0.29) is 15.9 Å². The van der Waals surface area contributed by atoms with Gasteiger partial charge in [-0.3, -0.25) is 4.72 Å². The smallest absolute Gasteiger partial charge is 0.267 e. The maximum Gasteiger partial charge on any atom is 0.267 e. The van der Waals surface area contributed by atoms with Crippen molar-refractivity contribution in [2.75, 3.05) is 11.8 Å². The van der Waals surface area contributed by atoms with Crippen LogP contribution in [-0.4, -0.2) is 20.5 Å². The SMILES string of the molecule is COc1cc(C)c(C)cc1S(=O)(=O)Nc1nc(CCl)cs1. The first-order valence-electron chi connectivity index (χ1n) is 6.06. The van der Waals surface area contributed by atoms with Gasteiger partial charge in [0.15, 0.2) is 5.13 Å². The molecule has 0 aliphatic heterocycles. The Labute approximate surface area is 133 Å². The lowest BCUT2D eigenvalue weighted by molar-refractivity contribution is 0.402. The molecule has 1 heterocycles. The summed E-state index contributed by atoms with van der Waals surface area (Å²) in [6.45, 7) is 3.75. The van der Waals surface area contributed by atoms with Crippen molar-refractivity contribution in [3.63, 3.8) is 0 Å². The second-order valence-corrected chi connectivity index (χ2v) is 7.25. The van der Waals surface area contributed by atoms with Crippen molar-refractivity contribution >= 4 is 38.1 Å². The Morgan fingerprint density at radius 3 is 2.57 bits per heavy atom. The highest BCUT2D eigenvalue weighted by Gasteiger charge is 2.22. The molecule has 0 fully saturated rings. The number of hydrogen-bond donors (Lipinski definition) is 1. The Bertz CT molecular complexity index is 757. The molecule has 5 nitrogen and oxygen atoms in total. The fourth-order valence-corrected chi connectivity index (χ4v) is 4.15. The number of alkyl halides is 1. The van der Waals surface area contributed by atoms with Gasteiger partial charge in [0.25, 0.3) is 10.0 Å². The second-order valence-electron chi connectivity index (χ2n) is 4.47. The van der Waals surface area contributed by atoms with Gasteiger partial charge in [0.1, 0.15) is 10.6 Å². The Kier molecular flexibility index (Phi) is 4.75. The van der Waals surface area contributed by atoms with Gasteiger partial charge in [-0.05, 0) is 37.1 Å². The molecular weight excluding hydrogens is 332 g/mol. The van der Waals surface area contributed by atoms with E-state index in [0.29, 0.717) is 11.4 Å². The van der Waals surface area contributed by atoms with E-state index in [0.717, 1.165) is 11.1 Å². The molecule has 0 aliphatic rings. The number of benzene rings is 1. The van der Waals surface area contributed by atoms with Crippen molar-refractivity contribution in [2.24, 2.45) is 0 Å². The number of rotatable bonds is 5. The minimum atomic E-state index is -3.76. The number of methoxy groups -OCH3 is 1. The summed E-state index contributed by atoms with van der Waals surface area (Å²) >= 11 is 6.85. The number of sulfonamides is 1. The predicted molar refractivity (Wildman–Crippen MR) is 84.9 cm³/mol. The minimum Gasteiger partial charge on any atom is -0.495 e. The molecular formula is C13H15ClN2O3S2. The Morgan fingerprint density at radius 2 is 2.00 bits per heavy atom. The maximum atomic E-state index is 12.5. The standard InChI is InChI=1S/C13H15ClN2O3S2/c1-8-4-11(19-3)12(5-9(8)2)21(17,18)16-13-15-10(6-14)7-20-13/h4-5,7H,6H2,1-3H3,(H,15,16). The summed E-state index contributed by atoms with van der Waals surface area (Å²) in [4.78, 5) is 4.18. The molecule has 114 valence electrons. The van der Waals surface area contributed by atoms with E-state index in [1.54, 1.807) is 17.5 Å². The lowest BCUT2D eigenvalue weighted by Crippen LogP contribution is -2.14. The van der Waals surface area contributed by atoms with Crippen LogP contribution in [0.3, 0.4) is 0 Å². The number of halogens is 1. The third-order valence-electron chi connectivity index (χ3n) is 2.98. The number of ether oxygens (including phenoxy) is 1. The fourth-order valence-electron chi connectivity index (χ4n) is 1.72. The maximum absolute atomic E-state index is 12.5. The Hall–Kier alpha value is -1.31. The number of thiazole rings is 1. The van der Waals surface area contributed by atoms with E-state index in [2.05, 4.69) is 9.71 Å². The van der Waals surface area contributed by atoms with Crippen LogP contribution in [0.25, 0.3) is 0 Å². The summed E-state index contributed by atoms with van der Waals surface area (Å²) in [5, 5.41) is 1.99. The van der Waals surface area contributed by atoms with Gasteiger partial charge in [-0.15, -0.1) is 22.9 Å². The zero-order valence-corrected chi connectivity index (χ0v) is 14.2. The highest BCUT2D eigenvalue weighted by molar-refractivity contribution is 7.93. The zero-order chi connectivity index (χ0) is 15.6. The summed E-state index contributed by atoms with van der Waals surface area (Å²) in [6.07, 6.45) is 0. The van der Waals surface area contributed by atoms with Gasteiger partial charge in [0.2, 0.25) is 0 Å². The second kappa shape index (κ2) is 6.21. The van der Waals surface area contributed by atoms with Gasteiger partial charge in [-0.2, -0.15) is 0 Å². The number of aromatic nitrogens is 1. The number of hydrogen-bond acceptors (Lipinski definition) is 5. The molecule has 0 bridgehead atoms. The average molecular weight is 347 g/mol. The molecule has 21 heavy (non-hydrogen) atoms. The van der Waals surface area contributed by atoms with Crippen LogP contribution in [0.15, 0.2) is 22.4 Å². The van der Waals surface area contributed by atoms with Gasteiger partial charge < -0.3 is 4.74 Å². The van der Waals surface area contributed by atoms with E-state index >= 15 is 0 Å². The largest absolute Gasteiger partial charge is 0.495 e. The van der Waals surface area contributed by atoms with Gasteiger partial charge in [0, 0.05) is 5.38 Å². The lowest BCUT2D eigenvalue weighted by Gasteiger charge is -2.12. The molecule has 1 aromatic carbocycles. The topological polar surface area (TPSA) is 68.3 Å². The molecule has 0 amide bonds. The Morgan fingerprint density at radius 1 is 1.33 bits per heavy atom. The number of anilines is 1. The molecule has 1 aromatic heterocycles. The highest BCUT2D eigenvalue weighted by atomic mass is 35.5. The van der Waals surface area contributed by atoms with Crippen molar-refractivity contribution in [3.8, 4) is 5.75 Å². The van der Waals surface area contributed by atoms with Crippen LogP contribution < -0.4 is 9.46 Å². The van der Waals surface area contributed by atoms with Gasteiger partial charge in [0.05, 0.1) is 18.7 Å². The lowest BCUT2D eigenvalue weighted by atomic mass is 10.1. The van der Waals surface area contributed by atoms with Gasteiger partial charge >= 0.3 is 0 Å². The van der Waals surface area contributed by atoms with Crippen LogP contribution in [0.2, 0.25) is 0 Å². The van der Waals surface area contributed by atoms with Crippen LogP contribution in [-0.2, 0) is 15.9 Å². The number of nitrogens with one attached hydrogen (secondary N) is 1. The third-order valence-corrected chi connectivity index (χ3v) is 5.55. The molecule has 0 atom stereocenters. The van der Waals surface area contributed by atoms with E-state index in [4.69, 9.17) is 16.3 Å². The van der Waals surface area contributed by atoms with Crippen LogP contribution in [0, 0.1) is 13.8 Å². The van der Waals surface area contributed by atoms with Crippen molar-refractivity contribution < 1.29 is 13.2 Å². The third kappa shape index (κ3) is 3.48. The van der Waals surface area contributed by atoms with Gasteiger partial charge in [-0.1, -0.05) is 0 Å². The van der Waals surface area contributed by atoms with Crippen LogP contribution >= 0.6 is 22.9 Å². The van der Waals surface area contributed by atoms with Crippen LogP contribution in [0.1, 0.15) is 16.8 Å². The molecule has 0 unspecified atom stereocenters. The predicted octanol–water partition coefficient (Wildman–Crippen LogP) is 3.31. The van der Waals surface area contributed by atoms with E-state index in [1.807, 2.05) is 13.8 Å². The Balaban J connectivity index is 2.41. The van der Waals surface area contributed by atoms with Crippen molar-refractivity contribution in [1.82, 2.24) is 4.98 Å². The van der Waals surface area contributed by atoms with Crippen LogP contribution in [0.5, 0.6) is 5.75 Å². The fraction of sp³-hybridized carbons (Fsp3) is 0.308. The summed E-state index contributed by atoms with van der Waals surface area (Å²) in [7, 11) is -2.32. The molecule has 0 aliphatic carbocycles. The molecule has 0 radical (unpaired) electrons. The van der Waals surface area contributed by atoms with Crippen molar-refractivity contribution in [1.29, 1.82) is 0 Å². The normalized spacial score (nSPS) is 11.4. The van der Waals surface area contributed by atoms with Crippen LogP contribution in [0.4, 0.5) is 5.13 Å². The van der Waals surface area contributed by atoms with E-state index < -0.39 is 10.0 Å².